The molecule has 15 heteroatoms. The number of alkyl carbamates (subject to hydrolysis) is 1. The fourth-order valence-corrected chi connectivity index (χ4v) is 4.28. The fourth-order valence-electron chi connectivity index (χ4n) is 4.10. The molecule has 0 unspecified atom stereocenters. The molecule has 2 aliphatic carbocycles. The first-order chi connectivity index (χ1) is 17.0. The fraction of sp³-hybridized carbons (Fsp3) is 0.524. The second-order valence-electron chi connectivity index (χ2n) is 9.24. The van der Waals surface area contributed by atoms with Gasteiger partial charge < -0.3 is 15.4 Å². The number of amides is 1. The maximum atomic E-state index is 14.6. The van der Waals surface area contributed by atoms with Gasteiger partial charge in [-0.15, -0.1) is 13.2 Å². The van der Waals surface area contributed by atoms with Gasteiger partial charge in [-0.2, -0.15) is 5.10 Å². The molecule has 2 aliphatic rings. The van der Waals surface area contributed by atoms with E-state index < -0.39 is 31.3 Å². The molecule has 5 rings (SSSR count). The zero-order valence-electron chi connectivity index (χ0n) is 18.9. The zero-order chi connectivity index (χ0) is 25.7. The van der Waals surface area contributed by atoms with Gasteiger partial charge in [0.2, 0.25) is 5.95 Å². The Morgan fingerprint density at radius 2 is 2.08 bits per heavy atom. The van der Waals surface area contributed by atoms with Gasteiger partial charge in [0, 0.05) is 35.5 Å². The summed E-state index contributed by atoms with van der Waals surface area (Å²) in [5, 5.41) is 12.8. The van der Waals surface area contributed by atoms with Crippen molar-refractivity contribution in [2.24, 2.45) is 0 Å². The smallest absolute Gasteiger partial charge is 0.443 e. The molecular weight excluding hydrogens is 510 g/mol. The second kappa shape index (κ2) is 9.07. The molecule has 3 aromatic heterocycles. The molecule has 3 N–H and O–H groups in total. The molecule has 10 nitrogen and oxygen atoms in total. The van der Waals surface area contributed by atoms with Crippen LogP contribution in [0.1, 0.15) is 49.9 Å². The summed E-state index contributed by atoms with van der Waals surface area (Å²) >= 11 is 6.04. The van der Waals surface area contributed by atoms with Gasteiger partial charge in [0.25, 0.3) is 0 Å². The van der Waals surface area contributed by atoms with Gasteiger partial charge in [-0.1, -0.05) is 11.6 Å². The number of halogens is 5. The summed E-state index contributed by atoms with van der Waals surface area (Å²) < 4.78 is 62.2. The lowest BCUT2D eigenvalue weighted by atomic mass is 10.0. The van der Waals surface area contributed by atoms with Crippen LogP contribution in [0.25, 0.3) is 5.65 Å². The second-order valence-corrected chi connectivity index (χ2v) is 9.63. The molecule has 0 bridgehead atoms. The van der Waals surface area contributed by atoms with Crippen LogP contribution in [0.2, 0.25) is 5.15 Å². The highest BCUT2D eigenvalue weighted by molar-refractivity contribution is 6.29. The third kappa shape index (κ3) is 5.64. The van der Waals surface area contributed by atoms with Crippen LogP contribution < -0.4 is 10.6 Å². The highest BCUT2D eigenvalue weighted by Crippen LogP contribution is 2.39. The van der Waals surface area contributed by atoms with Crippen molar-refractivity contribution < 1.29 is 31.8 Å². The number of aromatic nitrogens is 5. The number of nitrogens with one attached hydrogen (secondary N) is 3. The highest BCUT2D eigenvalue weighted by Gasteiger charge is 2.42. The van der Waals surface area contributed by atoms with Crippen LogP contribution in [0, 0.1) is 0 Å². The first kappa shape index (κ1) is 24.6. The Morgan fingerprint density at radius 1 is 1.31 bits per heavy atom. The third-order valence-electron chi connectivity index (χ3n) is 6.23. The molecule has 1 amide bonds. The molecule has 0 saturated heterocycles. The Balaban J connectivity index is 1.25. The summed E-state index contributed by atoms with van der Waals surface area (Å²) in [6.45, 7) is 1.13. The Labute approximate surface area is 206 Å². The number of alkyl halides is 4. The van der Waals surface area contributed by atoms with E-state index in [1.165, 1.54) is 16.7 Å². The predicted octanol–water partition coefficient (Wildman–Crippen LogP) is 4.75. The molecule has 194 valence electrons. The van der Waals surface area contributed by atoms with Crippen LogP contribution in [0.15, 0.2) is 18.3 Å². The summed E-state index contributed by atoms with van der Waals surface area (Å²) in [5.74, 6) is 0.216. The van der Waals surface area contributed by atoms with Crippen LogP contribution >= 0.6 is 11.6 Å². The molecule has 3 aromatic rings. The van der Waals surface area contributed by atoms with E-state index in [1.54, 1.807) is 6.07 Å². The lowest BCUT2D eigenvalue weighted by Gasteiger charge is -2.17. The van der Waals surface area contributed by atoms with Crippen LogP contribution in [-0.2, 0) is 16.1 Å². The van der Waals surface area contributed by atoms with Crippen molar-refractivity contribution in [2.45, 2.75) is 69.3 Å². The number of carbonyl (C=O) groups excluding carboxylic acids is 1. The number of anilines is 2. The average molecular weight is 532 g/mol. The number of hydrogen-bond acceptors (Lipinski definition) is 7. The van der Waals surface area contributed by atoms with Gasteiger partial charge in [0.05, 0.1) is 12.3 Å². The van der Waals surface area contributed by atoms with E-state index in [4.69, 9.17) is 16.3 Å². The first-order valence-corrected chi connectivity index (χ1v) is 11.5. The zero-order valence-corrected chi connectivity index (χ0v) is 19.7. The van der Waals surface area contributed by atoms with Gasteiger partial charge in [-0.25, -0.2) is 19.2 Å². The number of aromatic amines is 1. The van der Waals surface area contributed by atoms with Crippen molar-refractivity contribution in [2.75, 3.05) is 5.32 Å². The number of ether oxygens (including phenoxy) is 2. The summed E-state index contributed by atoms with van der Waals surface area (Å²) in [4.78, 5) is 20.3. The quantitative estimate of drug-likeness (QED) is 0.297. The summed E-state index contributed by atoms with van der Waals surface area (Å²) in [6.07, 6.45) is -4.08. The molecule has 3 heterocycles. The van der Waals surface area contributed by atoms with Crippen LogP contribution in [0.5, 0.6) is 0 Å². The molecule has 2 fully saturated rings. The van der Waals surface area contributed by atoms with E-state index >= 15 is 0 Å². The minimum atomic E-state index is -4.79. The van der Waals surface area contributed by atoms with Crippen molar-refractivity contribution in [3.8, 4) is 0 Å². The van der Waals surface area contributed by atoms with Crippen molar-refractivity contribution in [3.63, 3.8) is 0 Å². The standard InChI is InChI=1S/C21H22ClF4N7O3/c1-20(2-3-20)30-19(34)36-14-5-10(4-12(14)23)13-6-16(32-31-13)29-18-28-15(22)7-17-27-11(8-33(17)18)9-35-21(24,25)26/h6-8,10,12,14H,2-5,9H2,1H3,(H,30,34)(H2,28,29,31,32)/t10-,12+,14-/m0/s1. The Kier molecular flexibility index (Phi) is 6.19. The predicted molar refractivity (Wildman–Crippen MR) is 119 cm³/mol. The Morgan fingerprint density at radius 3 is 2.81 bits per heavy atom. The van der Waals surface area contributed by atoms with Gasteiger partial charge >= 0.3 is 12.5 Å². The molecule has 0 aromatic carbocycles. The number of hydrogen-bond donors (Lipinski definition) is 3. The van der Waals surface area contributed by atoms with Crippen LogP contribution in [0.4, 0.5) is 34.1 Å². The van der Waals surface area contributed by atoms with E-state index in [0.717, 1.165) is 12.8 Å². The number of H-pyrrole nitrogens is 1. The molecule has 2 saturated carbocycles. The number of rotatable bonds is 7. The highest BCUT2D eigenvalue weighted by atomic mass is 35.5. The molecule has 0 spiro atoms. The van der Waals surface area contributed by atoms with Crippen molar-refractivity contribution >= 4 is 35.1 Å². The molecule has 0 radical (unpaired) electrons. The maximum Gasteiger partial charge on any atom is 0.522 e. The minimum Gasteiger partial charge on any atom is -0.443 e. The topological polar surface area (TPSA) is 118 Å². The monoisotopic (exact) mass is 531 g/mol. The number of fused-ring (bicyclic) bond motifs is 1. The van der Waals surface area contributed by atoms with Crippen LogP contribution in [0.3, 0.4) is 0 Å². The first-order valence-electron chi connectivity index (χ1n) is 11.2. The SMILES string of the molecule is CC1(NC(=O)O[C@H]2C[C@@H](c3cc(Nc4nc(Cl)cc5nc(COC(F)(F)F)cn45)n[nH]3)C[C@H]2F)CC1. The van der Waals surface area contributed by atoms with E-state index in [0.29, 0.717) is 11.5 Å². The number of carbonyl (C=O) groups is 1. The largest absolute Gasteiger partial charge is 0.522 e. The molecule has 36 heavy (non-hydrogen) atoms. The van der Waals surface area contributed by atoms with Crippen LogP contribution in [-0.4, -0.2) is 54.8 Å². The average Bonchev–Trinajstić information content (AvgIpc) is 3.13. The molecular formula is C21H22ClF4N7O3. The van der Waals surface area contributed by atoms with Gasteiger partial charge in [0.15, 0.2) is 5.82 Å². The van der Waals surface area contributed by atoms with E-state index in [9.17, 15) is 22.4 Å². The van der Waals surface area contributed by atoms with Gasteiger partial charge in [0.1, 0.15) is 23.1 Å². The lowest BCUT2D eigenvalue weighted by molar-refractivity contribution is -0.330. The minimum absolute atomic E-state index is 0.0212. The number of nitrogens with zero attached hydrogens (tertiary/aromatic N) is 4. The van der Waals surface area contributed by atoms with Crippen molar-refractivity contribution in [1.82, 2.24) is 29.9 Å². The Hall–Kier alpha value is -3.13. The third-order valence-corrected chi connectivity index (χ3v) is 6.42. The van der Waals surface area contributed by atoms with Gasteiger partial charge in [-0.05, 0) is 32.6 Å². The normalized spacial score (nSPS) is 23.1. The number of imidazole rings is 1. The summed E-state index contributed by atoms with van der Waals surface area (Å²) in [6, 6.07) is 3.05. The molecule has 0 aliphatic heterocycles. The summed E-state index contributed by atoms with van der Waals surface area (Å²) in [5.41, 5.74) is 0.645. The summed E-state index contributed by atoms with van der Waals surface area (Å²) in [7, 11) is 0. The van der Waals surface area contributed by atoms with Crippen molar-refractivity contribution in [1.29, 1.82) is 0 Å². The van der Waals surface area contributed by atoms with E-state index in [2.05, 4.69) is 35.5 Å². The van der Waals surface area contributed by atoms with Crippen molar-refractivity contribution in [3.05, 3.63) is 34.9 Å². The molecule has 3 atom stereocenters. The van der Waals surface area contributed by atoms with Gasteiger partial charge in [-0.3, -0.25) is 14.2 Å². The Bertz CT molecular complexity index is 1280. The van der Waals surface area contributed by atoms with E-state index in [-0.39, 0.29) is 46.7 Å². The maximum absolute atomic E-state index is 14.6. The van der Waals surface area contributed by atoms with E-state index in [1.807, 2.05) is 6.92 Å². The lowest BCUT2D eigenvalue weighted by Crippen LogP contribution is -2.38.